The van der Waals surface area contributed by atoms with E-state index in [1.54, 1.807) is 0 Å². The number of imidazole rings is 1. The summed E-state index contributed by atoms with van der Waals surface area (Å²) in [4.78, 5) is 13.8. The van der Waals surface area contributed by atoms with Crippen LogP contribution in [0.15, 0.2) is 30.6 Å². The van der Waals surface area contributed by atoms with Gasteiger partial charge in [0.05, 0.1) is 11.4 Å². The van der Waals surface area contributed by atoms with Gasteiger partial charge in [0, 0.05) is 44.1 Å². The van der Waals surface area contributed by atoms with Gasteiger partial charge in [-0.05, 0) is 56.5 Å². The molecule has 2 aliphatic rings. The summed E-state index contributed by atoms with van der Waals surface area (Å²) in [6.45, 7) is 8.82. The van der Waals surface area contributed by atoms with E-state index in [0.717, 1.165) is 53.3 Å². The maximum atomic E-state index is 5.05. The summed E-state index contributed by atoms with van der Waals surface area (Å²) < 4.78 is 2.01. The third kappa shape index (κ3) is 2.40. The van der Waals surface area contributed by atoms with E-state index in [0.29, 0.717) is 0 Å². The largest absolute Gasteiger partial charge is 0.354 e. The number of hydrogen-bond donors (Lipinski definition) is 0. The van der Waals surface area contributed by atoms with Gasteiger partial charge in [0.2, 0.25) is 0 Å². The highest BCUT2D eigenvalue weighted by Crippen LogP contribution is 2.34. The second-order valence-corrected chi connectivity index (χ2v) is 7.85. The Morgan fingerprint density at radius 3 is 2.38 bits per heavy atom. The molecule has 0 bridgehead atoms. The fourth-order valence-corrected chi connectivity index (χ4v) is 4.72. The number of rotatable bonds is 2. The molecule has 5 rings (SSSR count). The van der Waals surface area contributed by atoms with Crippen LogP contribution >= 0.6 is 0 Å². The normalized spacial score (nSPS) is 23.1. The van der Waals surface area contributed by atoms with E-state index in [4.69, 9.17) is 10.1 Å². The van der Waals surface area contributed by atoms with Gasteiger partial charge in [-0.25, -0.2) is 9.50 Å². The molecule has 2 unspecified atom stereocenters. The molecule has 5 heterocycles. The maximum Gasteiger partial charge on any atom is 0.154 e. The molecule has 0 amide bonds. The summed E-state index contributed by atoms with van der Waals surface area (Å²) in [7, 11) is 2.23. The first-order valence-electron chi connectivity index (χ1n) is 9.31. The first-order valence-corrected chi connectivity index (χ1v) is 9.31. The molecule has 3 aromatic rings. The standard InChI is InChI=1S/C20H24N6/c1-13-8-18-22-14(2)19(15-4-6-21-7-5-15)26(18)23-20(13)25-11-16-9-24(3)10-17(16)12-25/h4-8,16-17H,9-12H2,1-3H3. The molecule has 0 aromatic carbocycles. The molecule has 0 spiro atoms. The number of nitrogens with zero attached hydrogens (tertiary/aromatic N) is 6. The second kappa shape index (κ2) is 5.77. The molecule has 3 aromatic heterocycles. The Morgan fingerprint density at radius 1 is 1.00 bits per heavy atom. The minimum Gasteiger partial charge on any atom is -0.354 e. The van der Waals surface area contributed by atoms with Crippen molar-refractivity contribution in [2.24, 2.45) is 11.8 Å². The molecule has 0 saturated carbocycles. The predicted molar refractivity (Wildman–Crippen MR) is 102 cm³/mol. The van der Waals surface area contributed by atoms with Crippen molar-refractivity contribution in [3.05, 3.63) is 41.9 Å². The number of hydrogen-bond acceptors (Lipinski definition) is 5. The number of pyridine rings is 1. The molecule has 2 aliphatic heterocycles. The second-order valence-electron chi connectivity index (χ2n) is 7.85. The Morgan fingerprint density at radius 2 is 1.69 bits per heavy atom. The summed E-state index contributed by atoms with van der Waals surface area (Å²) in [6.07, 6.45) is 3.64. The lowest BCUT2D eigenvalue weighted by molar-refractivity contribution is 0.386. The summed E-state index contributed by atoms with van der Waals surface area (Å²) in [5.41, 5.74) is 5.28. The van der Waals surface area contributed by atoms with Gasteiger partial charge >= 0.3 is 0 Å². The Hall–Kier alpha value is -2.47. The molecule has 26 heavy (non-hydrogen) atoms. The molecule has 0 radical (unpaired) electrons. The van der Waals surface area contributed by atoms with Crippen LogP contribution < -0.4 is 4.90 Å². The van der Waals surface area contributed by atoms with Crippen LogP contribution in [0.4, 0.5) is 5.82 Å². The van der Waals surface area contributed by atoms with Crippen molar-refractivity contribution in [1.29, 1.82) is 0 Å². The van der Waals surface area contributed by atoms with Crippen molar-refractivity contribution in [3.8, 4) is 11.3 Å². The van der Waals surface area contributed by atoms with Crippen LogP contribution in [0.25, 0.3) is 16.9 Å². The molecule has 2 atom stereocenters. The van der Waals surface area contributed by atoms with E-state index < -0.39 is 0 Å². The smallest absolute Gasteiger partial charge is 0.154 e. The first kappa shape index (κ1) is 15.8. The van der Waals surface area contributed by atoms with E-state index in [1.807, 2.05) is 29.0 Å². The van der Waals surface area contributed by atoms with Crippen LogP contribution in [0.5, 0.6) is 0 Å². The van der Waals surface area contributed by atoms with Crippen LogP contribution in [0.3, 0.4) is 0 Å². The number of aryl methyl sites for hydroxylation is 2. The quantitative estimate of drug-likeness (QED) is 0.712. The van der Waals surface area contributed by atoms with Gasteiger partial charge in [-0.1, -0.05) is 0 Å². The number of aromatic nitrogens is 4. The van der Waals surface area contributed by atoms with Gasteiger partial charge in [-0.15, -0.1) is 5.10 Å². The van der Waals surface area contributed by atoms with Gasteiger partial charge in [-0.3, -0.25) is 4.98 Å². The van der Waals surface area contributed by atoms with Crippen molar-refractivity contribution in [1.82, 2.24) is 24.5 Å². The average molecular weight is 348 g/mol. The lowest BCUT2D eigenvalue weighted by Gasteiger charge is -2.22. The Balaban J connectivity index is 1.58. The maximum absolute atomic E-state index is 5.05. The molecule has 134 valence electrons. The minimum absolute atomic E-state index is 0.765. The van der Waals surface area contributed by atoms with E-state index in [2.05, 4.69) is 41.7 Å². The van der Waals surface area contributed by atoms with Gasteiger partial charge in [0.25, 0.3) is 0 Å². The third-order valence-electron chi connectivity index (χ3n) is 5.87. The van der Waals surface area contributed by atoms with E-state index in [9.17, 15) is 0 Å². The SMILES string of the molecule is Cc1cc2nc(C)c(-c3ccncc3)n2nc1N1CC2CN(C)CC2C1. The van der Waals surface area contributed by atoms with Crippen molar-refractivity contribution in [3.63, 3.8) is 0 Å². The van der Waals surface area contributed by atoms with Crippen molar-refractivity contribution in [2.45, 2.75) is 13.8 Å². The van der Waals surface area contributed by atoms with Crippen molar-refractivity contribution < 1.29 is 0 Å². The van der Waals surface area contributed by atoms with Crippen LogP contribution in [0.1, 0.15) is 11.3 Å². The lowest BCUT2D eigenvalue weighted by Crippen LogP contribution is -2.28. The zero-order chi connectivity index (χ0) is 17.8. The molecule has 2 fully saturated rings. The summed E-state index contributed by atoms with van der Waals surface area (Å²) in [5, 5.41) is 5.05. The van der Waals surface area contributed by atoms with E-state index >= 15 is 0 Å². The predicted octanol–water partition coefficient (Wildman–Crippen LogP) is 2.41. The average Bonchev–Trinajstić information content (AvgIpc) is 3.24. The molecular formula is C20H24N6. The van der Waals surface area contributed by atoms with Crippen LogP contribution in [-0.4, -0.2) is 57.7 Å². The highest BCUT2D eigenvalue weighted by atomic mass is 15.4. The molecule has 6 nitrogen and oxygen atoms in total. The Bertz CT molecular complexity index is 949. The zero-order valence-corrected chi connectivity index (χ0v) is 15.6. The molecule has 0 aliphatic carbocycles. The van der Waals surface area contributed by atoms with Crippen molar-refractivity contribution in [2.75, 3.05) is 38.1 Å². The van der Waals surface area contributed by atoms with Gasteiger partial charge in [-0.2, -0.15) is 0 Å². The molecule has 2 saturated heterocycles. The topological polar surface area (TPSA) is 49.6 Å². The fourth-order valence-electron chi connectivity index (χ4n) is 4.72. The summed E-state index contributed by atoms with van der Waals surface area (Å²) >= 11 is 0. The first-order chi connectivity index (χ1) is 12.6. The molecular weight excluding hydrogens is 324 g/mol. The Labute approximate surface area is 153 Å². The van der Waals surface area contributed by atoms with E-state index in [1.165, 1.54) is 18.7 Å². The Kier molecular flexibility index (Phi) is 3.50. The highest BCUT2D eigenvalue weighted by Gasteiger charge is 2.39. The summed E-state index contributed by atoms with van der Waals surface area (Å²) in [5.74, 6) is 2.63. The number of fused-ring (bicyclic) bond motifs is 2. The van der Waals surface area contributed by atoms with Gasteiger partial charge < -0.3 is 9.80 Å². The highest BCUT2D eigenvalue weighted by molar-refractivity contribution is 5.67. The van der Waals surface area contributed by atoms with E-state index in [-0.39, 0.29) is 0 Å². The third-order valence-corrected chi connectivity index (χ3v) is 5.87. The monoisotopic (exact) mass is 348 g/mol. The number of anilines is 1. The van der Waals surface area contributed by atoms with Gasteiger partial charge in [0.15, 0.2) is 11.5 Å². The zero-order valence-electron chi connectivity index (χ0n) is 15.6. The molecule has 0 N–H and O–H groups in total. The van der Waals surface area contributed by atoms with Crippen LogP contribution in [0, 0.1) is 25.7 Å². The van der Waals surface area contributed by atoms with Crippen LogP contribution in [0.2, 0.25) is 0 Å². The fraction of sp³-hybridized carbons (Fsp3) is 0.450. The minimum atomic E-state index is 0.765. The van der Waals surface area contributed by atoms with Crippen LogP contribution in [-0.2, 0) is 0 Å². The summed E-state index contributed by atoms with van der Waals surface area (Å²) in [6, 6.07) is 6.21. The molecule has 6 heteroatoms. The van der Waals surface area contributed by atoms with Gasteiger partial charge in [0.1, 0.15) is 0 Å². The van der Waals surface area contributed by atoms with Crippen molar-refractivity contribution >= 4 is 11.5 Å². The lowest BCUT2D eigenvalue weighted by atomic mass is 10.0. The number of likely N-dealkylation sites (tertiary alicyclic amines) is 1.